The zero-order chi connectivity index (χ0) is 19.5. The fraction of sp³-hybridized carbons (Fsp3) is 0.286. The minimum Gasteiger partial charge on any atom is -0.378 e. The number of para-hydroxylation sites is 1. The first kappa shape index (κ1) is 18.2. The molecule has 0 unspecified atom stereocenters. The summed E-state index contributed by atoms with van der Waals surface area (Å²) in [4.78, 5) is 40.5. The van der Waals surface area contributed by atoms with Gasteiger partial charge in [0.1, 0.15) is 6.54 Å². The fourth-order valence-electron chi connectivity index (χ4n) is 3.48. The topological polar surface area (TPSA) is 73.5 Å². The normalized spacial score (nSPS) is 14.4. The van der Waals surface area contributed by atoms with Gasteiger partial charge in [-0.3, -0.25) is 18.7 Å². The minimum absolute atomic E-state index is 0.103. The van der Waals surface area contributed by atoms with Gasteiger partial charge in [-0.05, 0) is 17.7 Å². The Morgan fingerprint density at radius 1 is 0.893 bits per heavy atom. The Balaban J connectivity index is 1.79. The highest BCUT2D eigenvalue weighted by Crippen LogP contribution is 2.09. The van der Waals surface area contributed by atoms with Crippen LogP contribution < -0.4 is 11.2 Å². The van der Waals surface area contributed by atoms with Crippen LogP contribution in [0.2, 0.25) is 0 Å². The minimum atomic E-state index is -0.478. The second-order valence-corrected chi connectivity index (χ2v) is 6.76. The lowest BCUT2D eigenvalue weighted by Crippen LogP contribution is -2.46. The summed E-state index contributed by atoms with van der Waals surface area (Å²) in [6.07, 6.45) is 0. The molecule has 1 amide bonds. The van der Waals surface area contributed by atoms with Crippen molar-refractivity contribution in [2.24, 2.45) is 0 Å². The molecule has 0 N–H and O–H groups in total. The van der Waals surface area contributed by atoms with Gasteiger partial charge in [-0.2, -0.15) is 0 Å². The molecule has 144 valence electrons. The molecular formula is C21H21N3O4. The van der Waals surface area contributed by atoms with Crippen molar-refractivity contribution in [2.45, 2.75) is 13.1 Å². The van der Waals surface area contributed by atoms with E-state index in [0.717, 1.165) is 5.56 Å². The summed E-state index contributed by atoms with van der Waals surface area (Å²) in [5.41, 5.74) is 0.500. The van der Waals surface area contributed by atoms with Gasteiger partial charge in [0.15, 0.2) is 0 Å². The first-order valence-corrected chi connectivity index (χ1v) is 9.27. The van der Waals surface area contributed by atoms with Crippen molar-refractivity contribution in [2.75, 3.05) is 26.3 Å². The molecule has 0 saturated carbocycles. The van der Waals surface area contributed by atoms with Gasteiger partial charge in [0.05, 0.1) is 30.7 Å². The molecule has 28 heavy (non-hydrogen) atoms. The number of rotatable bonds is 4. The summed E-state index contributed by atoms with van der Waals surface area (Å²) in [7, 11) is 0. The summed E-state index contributed by atoms with van der Waals surface area (Å²) >= 11 is 0. The number of fused-ring (bicyclic) bond motifs is 1. The SMILES string of the molecule is O=C(Cn1c(=O)n(Cc2ccccc2)c(=O)c2ccccc21)N1CCOCC1. The van der Waals surface area contributed by atoms with Crippen molar-refractivity contribution in [3.63, 3.8) is 0 Å². The summed E-state index contributed by atoms with van der Waals surface area (Å²) in [6.45, 7) is 2.07. The third kappa shape index (κ3) is 3.48. The number of carbonyl (C=O) groups excluding carboxylic acids is 1. The standard InChI is InChI=1S/C21H21N3O4/c25-19(22-10-12-28-13-11-22)15-23-18-9-5-4-8-17(18)20(26)24(21(23)27)14-16-6-2-1-3-7-16/h1-9H,10-15H2. The summed E-state index contributed by atoms with van der Waals surface area (Å²) in [6, 6.07) is 16.3. The number of benzene rings is 2. The van der Waals surface area contributed by atoms with Gasteiger partial charge in [-0.1, -0.05) is 42.5 Å². The Labute approximate surface area is 161 Å². The molecule has 0 aliphatic carbocycles. The molecular weight excluding hydrogens is 358 g/mol. The number of hydrogen-bond acceptors (Lipinski definition) is 4. The monoisotopic (exact) mass is 379 g/mol. The van der Waals surface area contributed by atoms with Crippen LogP contribution in [0.5, 0.6) is 0 Å². The Hall–Kier alpha value is -3.19. The highest BCUT2D eigenvalue weighted by molar-refractivity contribution is 5.81. The lowest BCUT2D eigenvalue weighted by atomic mass is 10.2. The Bertz CT molecular complexity index is 1110. The van der Waals surface area contributed by atoms with Crippen molar-refractivity contribution in [3.8, 4) is 0 Å². The van der Waals surface area contributed by atoms with Gasteiger partial charge >= 0.3 is 5.69 Å². The van der Waals surface area contributed by atoms with Gasteiger partial charge in [0, 0.05) is 13.1 Å². The molecule has 7 heteroatoms. The van der Waals surface area contributed by atoms with Crippen molar-refractivity contribution < 1.29 is 9.53 Å². The summed E-state index contributed by atoms with van der Waals surface area (Å²) in [5.74, 6) is -0.152. The maximum Gasteiger partial charge on any atom is 0.332 e. The van der Waals surface area contributed by atoms with Crippen LogP contribution in [0.4, 0.5) is 0 Å². The predicted octanol–water partition coefficient (Wildman–Crippen LogP) is 1.07. The third-order valence-electron chi connectivity index (χ3n) is 4.97. The Morgan fingerprint density at radius 3 is 2.32 bits per heavy atom. The van der Waals surface area contributed by atoms with Crippen LogP contribution in [0, 0.1) is 0 Å². The fourth-order valence-corrected chi connectivity index (χ4v) is 3.48. The lowest BCUT2D eigenvalue weighted by Gasteiger charge is -2.27. The van der Waals surface area contributed by atoms with Crippen molar-refractivity contribution in [3.05, 3.63) is 81.0 Å². The molecule has 2 aromatic carbocycles. The Morgan fingerprint density at radius 2 is 1.57 bits per heavy atom. The maximum atomic E-state index is 13.2. The number of ether oxygens (including phenoxy) is 1. The van der Waals surface area contributed by atoms with Crippen LogP contribution in [0.25, 0.3) is 10.9 Å². The summed E-state index contributed by atoms with van der Waals surface area (Å²) in [5, 5.41) is 0.424. The van der Waals surface area contributed by atoms with Crippen LogP contribution >= 0.6 is 0 Å². The van der Waals surface area contributed by atoms with E-state index in [0.29, 0.717) is 37.2 Å². The molecule has 7 nitrogen and oxygen atoms in total. The second kappa shape index (κ2) is 7.82. The number of carbonyl (C=O) groups is 1. The second-order valence-electron chi connectivity index (χ2n) is 6.76. The highest BCUT2D eigenvalue weighted by atomic mass is 16.5. The van der Waals surface area contributed by atoms with Crippen LogP contribution in [0.15, 0.2) is 64.2 Å². The lowest BCUT2D eigenvalue weighted by molar-refractivity contribution is -0.135. The van der Waals surface area contributed by atoms with Gasteiger partial charge in [0.2, 0.25) is 5.91 Å². The zero-order valence-electron chi connectivity index (χ0n) is 15.4. The maximum absolute atomic E-state index is 13.2. The van der Waals surface area contributed by atoms with Gasteiger partial charge in [-0.15, -0.1) is 0 Å². The van der Waals surface area contributed by atoms with Crippen molar-refractivity contribution in [1.29, 1.82) is 0 Å². The molecule has 1 aliphatic rings. The van der Waals surface area contributed by atoms with Gasteiger partial charge in [0.25, 0.3) is 5.56 Å². The van der Waals surface area contributed by atoms with Crippen LogP contribution in [0.3, 0.4) is 0 Å². The van der Waals surface area contributed by atoms with E-state index in [2.05, 4.69) is 0 Å². The zero-order valence-corrected chi connectivity index (χ0v) is 15.4. The van der Waals surface area contributed by atoms with Crippen LogP contribution in [-0.4, -0.2) is 46.2 Å². The van der Waals surface area contributed by atoms with E-state index in [1.54, 1.807) is 29.2 Å². The number of nitrogens with zero attached hydrogens (tertiary/aromatic N) is 3. The predicted molar refractivity (Wildman–Crippen MR) is 105 cm³/mol. The average molecular weight is 379 g/mol. The van der Waals surface area contributed by atoms with E-state index in [-0.39, 0.29) is 24.6 Å². The average Bonchev–Trinajstić information content (AvgIpc) is 2.75. The van der Waals surface area contributed by atoms with Crippen LogP contribution in [0.1, 0.15) is 5.56 Å². The number of aromatic nitrogens is 2. The third-order valence-corrected chi connectivity index (χ3v) is 4.97. The van der Waals surface area contributed by atoms with Crippen molar-refractivity contribution in [1.82, 2.24) is 14.0 Å². The van der Waals surface area contributed by atoms with E-state index in [1.807, 2.05) is 30.3 Å². The molecule has 2 heterocycles. The first-order chi connectivity index (χ1) is 13.6. The molecule has 0 radical (unpaired) electrons. The van der Waals surface area contributed by atoms with E-state index in [1.165, 1.54) is 9.13 Å². The number of morpholine rings is 1. The molecule has 1 aromatic heterocycles. The first-order valence-electron chi connectivity index (χ1n) is 9.27. The molecule has 1 saturated heterocycles. The number of amides is 1. The van der Waals surface area contributed by atoms with Crippen molar-refractivity contribution >= 4 is 16.8 Å². The van der Waals surface area contributed by atoms with E-state index in [4.69, 9.17) is 4.74 Å². The highest BCUT2D eigenvalue weighted by Gasteiger charge is 2.20. The van der Waals surface area contributed by atoms with Gasteiger partial charge in [-0.25, -0.2) is 4.79 Å². The largest absolute Gasteiger partial charge is 0.378 e. The molecule has 0 bridgehead atoms. The molecule has 1 fully saturated rings. The molecule has 1 aliphatic heterocycles. The van der Waals surface area contributed by atoms with Gasteiger partial charge < -0.3 is 9.64 Å². The smallest absolute Gasteiger partial charge is 0.332 e. The van der Waals surface area contributed by atoms with Crippen LogP contribution in [-0.2, 0) is 22.6 Å². The quantitative estimate of drug-likeness (QED) is 0.680. The Kier molecular flexibility index (Phi) is 5.08. The molecule has 0 spiro atoms. The molecule has 3 aromatic rings. The number of hydrogen-bond donors (Lipinski definition) is 0. The molecule has 0 atom stereocenters. The van der Waals surface area contributed by atoms with E-state index in [9.17, 15) is 14.4 Å². The van der Waals surface area contributed by atoms with E-state index >= 15 is 0 Å². The molecule has 4 rings (SSSR count). The van der Waals surface area contributed by atoms with E-state index < -0.39 is 5.69 Å². The summed E-state index contributed by atoms with van der Waals surface area (Å²) < 4.78 is 7.89.